The number of benzene rings is 2. The zero-order valence-corrected chi connectivity index (χ0v) is 23.1. The van der Waals surface area contributed by atoms with Crippen molar-refractivity contribution in [2.45, 2.75) is 64.5 Å². The number of Topliss-reactive ketones (excluding diaryl/α,β-unsaturated/α-hetero) is 1. The predicted molar refractivity (Wildman–Crippen MR) is 148 cm³/mol. The molecule has 39 heavy (non-hydrogen) atoms. The van der Waals surface area contributed by atoms with E-state index in [4.69, 9.17) is 18.9 Å². The number of carbonyl (C=O) groups excluding carboxylic acids is 2. The van der Waals surface area contributed by atoms with Crippen molar-refractivity contribution in [1.29, 1.82) is 0 Å². The van der Waals surface area contributed by atoms with Gasteiger partial charge in [-0.15, -0.1) is 0 Å². The number of methoxy groups -OCH3 is 1. The molecule has 2 atom stereocenters. The maximum atomic E-state index is 13.4. The number of likely N-dealkylation sites (tertiary alicyclic amines) is 1. The number of aliphatic hydroxyl groups is 1. The van der Waals surface area contributed by atoms with Crippen LogP contribution in [0.5, 0.6) is 17.2 Å². The quantitative estimate of drug-likeness (QED) is 0.153. The van der Waals surface area contributed by atoms with Gasteiger partial charge in [-0.25, -0.2) is 0 Å². The molecule has 8 heteroatoms. The molecule has 2 heterocycles. The lowest BCUT2D eigenvalue weighted by Gasteiger charge is -2.28. The van der Waals surface area contributed by atoms with E-state index >= 15 is 0 Å². The third-order valence-corrected chi connectivity index (χ3v) is 7.12. The second-order valence-corrected chi connectivity index (χ2v) is 9.93. The number of carbonyl (C=O) groups is 2. The van der Waals surface area contributed by atoms with Crippen LogP contribution in [0.1, 0.15) is 69.5 Å². The Hall–Kier alpha value is -3.52. The molecule has 8 nitrogen and oxygen atoms in total. The lowest BCUT2D eigenvalue weighted by molar-refractivity contribution is -0.140. The second-order valence-electron chi connectivity index (χ2n) is 9.93. The minimum Gasteiger partial charge on any atom is -0.507 e. The molecule has 2 aliphatic heterocycles. The molecule has 0 saturated carbocycles. The monoisotopic (exact) mass is 537 g/mol. The second kappa shape index (κ2) is 13.5. The number of amides is 1. The van der Waals surface area contributed by atoms with Crippen LogP contribution in [0, 0.1) is 0 Å². The number of ketones is 1. The van der Waals surface area contributed by atoms with E-state index in [1.807, 2.05) is 6.07 Å². The third kappa shape index (κ3) is 6.56. The summed E-state index contributed by atoms with van der Waals surface area (Å²) < 4.78 is 23.0. The molecule has 0 spiro atoms. The molecule has 1 amide bonds. The first kappa shape index (κ1) is 28.5. The lowest BCUT2D eigenvalue weighted by Crippen LogP contribution is -2.36. The molecule has 0 radical (unpaired) electrons. The van der Waals surface area contributed by atoms with Gasteiger partial charge < -0.3 is 29.0 Å². The van der Waals surface area contributed by atoms with Crippen LogP contribution in [0.15, 0.2) is 48.0 Å². The molecule has 1 N–H and O–H groups in total. The molecular formula is C31H39NO7. The highest BCUT2D eigenvalue weighted by Crippen LogP contribution is 2.42. The van der Waals surface area contributed by atoms with Gasteiger partial charge in [-0.05, 0) is 67.6 Å². The van der Waals surface area contributed by atoms with E-state index in [0.29, 0.717) is 48.2 Å². The minimum atomic E-state index is -0.798. The van der Waals surface area contributed by atoms with Crippen molar-refractivity contribution in [3.8, 4) is 17.2 Å². The Morgan fingerprint density at radius 3 is 2.36 bits per heavy atom. The van der Waals surface area contributed by atoms with Crippen LogP contribution in [0.25, 0.3) is 5.76 Å². The first-order chi connectivity index (χ1) is 19.0. The normalized spacial score (nSPS) is 20.4. The molecule has 2 aliphatic rings. The van der Waals surface area contributed by atoms with E-state index in [2.05, 4.69) is 13.8 Å². The van der Waals surface area contributed by atoms with Crippen LogP contribution in [-0.4, -0.2) is 61.3 Å². The first-order valence-electron chi connectivity index (χ1n) is 13.9. The summed E-state index contributed by atoms with van der Waals surface area (Å²) in [6.07, 6.45) is 5.44. The zero-order chi connectivity index (χ0) is 27.8. The molecule has 0 bridgehead atoms. The van der Waals surface area contributed by atoms with Crippen LogP contribution in [0.3, 0.4) is 0 Å². The molecule has 210 valence electrons. The number of hydrogen-bond acceptors (Lipinski definition) is 7. The fourth-order valence-electron chi connectivity index (χ4n) is 4.92. The van der Waals surface area contributed by atoms with E-state index in [9.17, 15) is 14.7 Å². The number of rotatable bonds is 13. The van der Waals surface area contributed by atoms with Gasteiger partial charge in [-0.2, -0.15) is 0 Å². The Labute approximate surface area is 230 Å². The lowest BCUT2D eigenvalue weighted by atomic mass is 9.94. The van der Waals surface area contributed by atoms with Crippen molar-refractivity contribution in [3.63, 3.8) is 0 Å². The molecule has 2 aromatic rings. The molecular weight excluding hydrogens is 498 g/mol. The van der Waals surface area contributed by atoms with Gasteiger partial charge in [-0.3, -0.25) is 9.59 Å². The highest BCUT2D eigenvalue weighted by Gasteiger charge is 2.47. The average Bonchev–Trinajstić information content (AvgIpc) is 3.56. The molecule has 2 fully saturated rings. The smallest absolute Gasteiger partial charge is 0.295 e. The van der Waals surface area contributed by atoms with Gasteiger partial charge in [0.25, 0.3) is 11.7 Å². The average molecular weight is 538 g/mol. The fourth-order valence-corrected chi connectivity index (χ4v) is 4.92. The van der Waals surface area contributed by atoms with Crippen LogP contribution in [0.2, 0.25) is 0 Å². The summed E-state index contributed by atoms with van der Waals surface area (Å²) in [5, 5.41) is 11.4. The Balaban J connectivity index is 1.72. The first-order valence-corrected chi connectivity index (χ1v) is 13.9. The summed E-state index contributed by atoms with van der Waals surface area (Å²) in [4.78, 5) is 28.2. The number of aliphatic hydroxyl groups excluding tert-OH is 1. The summed E-state index contributed by atoms with van der Waals surface area (Å²) in [6, 6.07) is 11.5. The Kier molecular flexibility index (Phi) is 9.87. The third-order valence-electron chi connectivity index (χ3n) is 7.12. The topological polar surface area (TPSA) is 94.5 Å². The summed E-state index contributed by atoms with van der Waals surface area (Å²) >= 11 is 0. The maximum absolute atomic E-state index is 13.4. The van der Waals surface area contributed by atoms with Gasteiger partial charge >= 0.3 is 0 Å². The Morgan fingerprint density at radius 1 is 1.00 bits per heavy atom. The van der Waals surface area contributed by atoms with E-state index in [1.165, 1.54) is 4.90 Å². The van der Waals surface area contributed by atoms with Crippen molar-refractivity contribution < 1.29 is 33.6 Å². The summed E-state index contributed by atoms with van der Waals surface area (Å²) in [6.45, 7) is 6.24. The summed E-state index contributed by atoms with van der Waals surface area (Å²) in [5.74, 6) is 0.165. The van der Waals surface area contributed by atoms with Gasteiger partial charge in [0.2, 0.25) is 0 Å². The summed E-state index contributed by atoms with van der Waals surface area (Å²) in [5.41, 5.74) is 1.12. The zero-order valence-electron chi connectivity index (χ0n) is 23.1. The molecule has 0 aliphatic carbocycles. The van der Waals surface area contributed by atoms with Crippen LogP contribution >= 0.6 is 0 Å². The van der Waals surface area contributed by atoms with E-state index < -0.39 is 17.7 Å². The number of hydrogen-bond donors (Lipinski definition) is 1. The Bertz CT molecular complexity index is 1170. The highest BCUT2D eigenvalue weighted by molar-refractivity contribution is 6.46. The van der Waals surface area contributed by atoms with Gasteiger partial charge in [0.1, 0.15) is 11.5 Å². The van der Waals surface area contributed by atoms with Gasteiger partial charge in [0, 0.05) is 18.7 Å². The molecule has 2 aromatic carbocycles. The largest absolute Gasteiger partial charge is 0.507 e. The van der Waals surface area contributed by atoms with Crippen molar-refractivity contribution in [1.82, 2.24) is 4.90 Å². The van der Waals surface area contributed by atoms with E-state index in [0.717, 1.165) is 38.5 Å². The van der Waals surface area contributed by atoms with Gasteiger partial charge in [0.05, 0.1) is 38.0 Å². The highest BCUT2D eigenvalue weighted by atomic mass is 16.5. The molecule has 0 aromatic heterocycles. The van der Waals surface area contributed by atoms with Gasteiger partial charge in [-0.1, -0.05) is 32.8 Å². The minimum absolute atomic E-state index is 0.0411. The number of unbranched alkanes of at least 4 members (excludes halogenated alkanes) is 2. The Morgan fingerprint density at radius 2 is 1.72 bits per heavy atom. The van der Waals surface area contributed by atoms with Crippen molar-refractivity contribution in [3.05, 3.63) is 59.2 Å². The summed E-state index contributed by atoms with van der Waals surface area (Å²) in [7, 11) is 1.55. The standard InChI is InChI=1S/C31H39NO7/c1-4-6-16-37-23-13-10-21(11-14-23)29(33)27-28(32(31(35)30(27)34)20-24-9-8-18-38-24)22-12-15-25(26(19-22)36-3)39-17-7-5-2/h10-15,19,24,28,33H,4-9,16-18,20H2,1-3H3/t24-,28+/m0/s1. The number of nitrogens with zero attached hydrogens (tertiary/aromatic N) is 1. The van der Waals surface area contributed by atoms with Gasteiger partial charge in [0.15, 0.2) is 11.5 Å². The SMILES string of the molecule is CCCCOc1ccc(C(O)=C2C(=O)C(=O)N(C[C@@H]3CCCO3)[C@@H]2c2ccc(OCCCC)c(OC)c2)cc1. The van der Waals surface area contributed by atoms with Crippen molar-refractivity contribution >= 4 is 17.4 Å². The van der Waals surface area contributed by atoms with Crippen LogP contribution in [0.4, 0.5) is 0 Å². The van der Waals surface area contributed by atoms with E-state index in [1.54, 1.807) is 43.5 Å². The van der Waals surface area contributed by atoms with Crippen LogP contribution < -0.4 is 14.2 Å². The van der Waals surface area contributed by atoms with Crippen molar-refractivity contribution in [2.75, 3.05) is 33.5 Å². The molecule has 0 unspecified atom stereocenters. The molecule has 2 saturated heterocycles. The maximum Gasteiger partial charge on any atom is 0.295 e. The number of ether oxygens (including phenoxy) is 4. The molecule has 4 rings (SSSR count). The predicted octanol–water partition coefficient (Wildman–Crippen LogP) is 5.65. The van der Waals surface area contributed by atoms with Crippen molar-refractivity contribution in [2.24, 2.45) is 0 Å². The van der Waals surface area contributed by atoms with E-state index in [-0.39, 0.29) is 24.0 Å². The fraction of sp³-hybridized carbons (Fsp3) is 0.484. The van der Waals surface area contributed by atoms with Crippen LogP contribution in [-0.2, 0) is 14.3 Å².